The normalized spacial score (nSPS) is 10.3. The molecule has 98 valence electrons. The van der Waals surface area contributed by atoms with Crippen molar-refractivity contribution in [3.05, 3.63) is 51.9 Å². The van der Waals surface area contributed by atoms with Crippen LogP contribution in [-0.4, -0.2) is 10.9 Å². The molecule has 2 rings (SSSR count). The topological polar surface area (TPSA) is 68.0 Å². The molecule has 0 bridgehead atoms. The van der Waals surface area contributed by atoms with E-state index in [1.807, 2.05) is 6.92 Å². The summed E-state index contributed by atoms with van der Waals surface area (Å²) in [5.41, 5.74) is 7.36. The molecule has 0 atom stereocenters. The molecule has 0 fully saturated rings. The molecular weight excluding hydrogens is 313 g/mol. The summed E-state index contributed by atoms with van der Waals surface area (Å²) in [6, 6.07) is 5.53. The molecule has 0 aliphatic heterocycles. The van der Waals surface area contributed by atoms with Crippen molar-refractivity contribution < 1.29 is 9.18 Å². The van der Waals surface area contributed by atoms with Crippen LogP contribution in [0.3, 0.4) is 0 Å². The summed E-state index contributed by atoms with van der Waals surface area (Å²) in [4.78, 5) is 16.0. The van der Waals surface area contributed by atoms with E-state index in [0.717, 1.165) is 5.56 Å². The molecule has 0 radical (unpaired) electrons. The summed E-state index contributed by atoms with van der Waals surface area (Å²) in [6.07, 6.45) is 1.48. The molecule has 0 spiro atoms. The van der Waals surface area contributed by atoms with Crippen molar-refractivity contribution in [1.29, 1.82) is 0 Å². The second kappa shape index (κ2) is 5.36. The highest BCUT2D eigenvalue weighted by molar-refractivity contribution is 9.10. The van der Waals surface area contributed by atoms with Gasteiger partial charge in [-0.25, -0.2) is 9.37 Å². The lowest BCUT2D eigenvalue weighted by Crippen LogP contribution is -2.14. The largest absolute Gasteiger partial charge is 0.397 e. The molecule has 0 saturated carbocycles. The lowest BCUT2D eigenvalue weighted by Gasteiger charge is -2.08. The third-order valence-electron chi connectivity index (χ3n) is 2.57. The molecule has 0 unspecified atom stereocenters. The van der Waals surface area contributed by atoms with Gasteiger partial charge in [0.15, 0.2) is 0 Å². The quantitative estimate of drug-likeness (QED) is 0.892. The monoisotopic (exact) mass is 323 g/mol. The SMILES string of the molecule is Cc1cc(NC(=O)c2ccc(F)cc2Br)ncc1N. The van der Waals surface area contributed by atoms with Gasteiger partial charge in [-0.3, -0.25) is 4.79 Å². The van der Waals surface area contributed by atoms with Crippen molar-refractivity contribution in [2.24, 2.45) is 0 Å². The molecule has 0 aliphatic rings. The van der Waals surface area contributed by atoms with Gasteiger partial charge in [0.25, 0.3) is 5.91 Å². The fourth-order valence-electron chi connectivity index (χ4n) is 1.49. The predicted octanol–water partition coefficient (Wildman–Crippen LogP) is 3.13. The van der Waals surface area contributed by atoms with E-state index in [9.17, 15) is 9.18 Å². The maximum Gasteiger partial charge on any atom is 0.257 e. The molecule has 0 saturated heterocycles. The number of carbonyl (C=O) groups is 1. The van der Waals surface area contributed by atoms with Crippen molar-refractivity contribution in [2.75, 3.05) is 11.1 Å². The zero-order valence-corrected chi connectivity index (χ0v) is 11.7. The standard InChI is InChI=1S/C13H11BrFN3O/c1-7-4-12(17-6-11(7)16)18-13(19)9-3-2-8(15)5-10(9)14/h2-6H,16H2,1H3,(H,17,18,19). The Kier molecular flexibility index (Phi) is 3.80. The molecule has 6 heteroatoms. The first kappa shape index (κ1) is 13.5. The lowest BCUT2D eigenvalue weighted by molar-refractivity contribution is 0.102. The molecular formula is C13H11BrFN3O. The minimum Gasteiger partial charge on any atom is -0.397 e. The average Bonchev–Trinajstić information content (AvgIpc) is 2.33. The minimum atomic E-state index is -0.412. The van der Waals surface area contributed by atoms with E-state index in [-0.39, 0.29) is 5.91 Å². The zero-order valence-electron chi connectivity index (χ0n) is 10.1. The number of amides is 1. The van der Waals surface area contributed by atoms with Gasteiger partial charge in [0.1, 0.15) is 11.6 Å². The summed E-state index contributed by atoms with van der Waals surface area (Å²) in [6.45, 7) is 1.82. The molecule has 1 aromatic carbocycles. The Morgan fingerprint density at radius 1 is 1.42 bits per heavy atom. The Morgan fingerprint density at radius 2 is 2.16 bits per heavy atom. The number of nitrogens with two attached hydrogens (primary N) is 1. The summed E-state index contributed by atoms with van der Waals surface area (Å²) in [7, 11) is 0. The average molecular weight is 324 g/mol. The van der Waals surface area contributed by atoms with E-state index in [0.29, 0.717) is 21.5 Å². The number of rotatable bonds is 2. The smallest absolute Gasteiger partial charge is 0.257 e. The molecule has 19 heavy (non-hydrogen) atoms. The van der Waals surface area contributed by atoms with E-state index >= 15 is 0 Å². The van der Waals surface area contributed by atoms with E-state index in [4.69, 9.17) is 5.73 Å². The number of anilines is 2. The number of benzene rings is 1. The van der Waals surface area contributed by atoms with Crippen LogP contribution in [0.25, 0.3) is 0 Å². The van der Waals surface area contributed by atoms with Crippen molar-refractivity contribution in [2.45, 2.75) is 6.92 Å². The van der Waals surface area contributed by atoms with E-state index in [2.05, 4.69) is 26.2 Å². The van der Waals surface area contributed by atoms with Crippen molar-refractivity contribution in [3.8, 4) is 0 Å². The minimum absolute atomic E-state index is 0.331. The summed E-state index contributed by atoms with van der Waals surface area (Å²) < 4.78 is 13.3. The van der Waals surface area contributed by atoms with Crippen LogP contribution in [0.5, 0.6) is 0 Å². The van der Waals surface area contributed by atoms with Gasteiger partial charge in [0, 0.05) is 4.47 Å². The van der Waals surface area contributed by atoms with Crippen LogP contribution in [0.2, 0.25) is 0 Å². The Labute approximate surface area is 118 Å². The number of nitrogen functional groups attached to an aromatic ring is 1. The number of hydrogen-bond acceptors (Lipinski definition) is 3. The van der Waals surface area contributed by atoms with E-state index < -0.39 is 5.82 Å². The Hall–Kier alpha value is -1.95. The van der Waals surface area contributed by atoms with Crippen LogP contribution in [0, 0.1) is 12.7 Å². The number of pyridine rings is 1. The maximum absolute atomic E-state index is 12.9. The third-order valence-corrected chi connectivity index (χ3v) is 3.22. The summed E-state index contributed by atoms with van der Waals surface area (Å²) in [5.74, 6) is -0.388. The van der Waals surface area contributed by atoms with Gasteiger partial charge >= 0.3 is 0 Å². The lowest BCUT2D eigenvalue weighted by atomic mass is 10.2. The number of nitrogens with one attached hydrogen (secondary N) is 1. The number of aromatic nitrogens is 1. The van der Waals surface area contributed by atoms with Gasteiger partial charge < -0.3 is 11.1 Å². The highest BCUT2D eigenvalue weighted by atomic mass is 79.9. The fourth-order valence-corrected chi connectivity index (χ4v) is 2.02. The van der Waals surface area contributed by atoms with Gasteiger partial charge in [-0.05, 0) is 52.7 Å². The predicted molar refractivity (Wildman–Crippen MR) is 75.4 cm³/mol. The van der Waals surface area contributed by atoms with Crippen LogP contribution < -0.4 is 11.1 Å². The second-order valence-corrected chi connectivity index (χ2v) is 4.86. The van der Waals surface area contributed by atoms with Gasteiger partial charge in [-0.1, -0.05) is 0 Å². The van der Waals surface area contributed by atoms with Crippen molar-refractivity contribution >= 4 is 33.3 Å². The zero-order chi connectivity index (χ0) is 14.0. The fraction of sp³-hybridized carbons (Fsp3) is 0.0769. The van der Waals surface area contributed by atoms with Crippen LogP contribution in [-0.2, 0) is 0 Å². The molecule has 0 aliphatic carbocycles. The molecule has 2 aromatic rings. The second-order valence-electron chi connectivity index (χ2n) is 4.00. The Balaban J connectivity index is 2.23. The number of nitrogens with zero attached hydrogens (tertiary/aromatic N) is 1. The van der Waals surface area contributed by atoms with Gasteiger partial charge in [0.2, 0.25) is 0 Å². The number of carbonyl (C=O) groups excluding carboxylic acids is 1. The molecule has 1 aromatic heterocycles. The number of halogens is 2. The highest BCUT2D eigenvalue weighted by Crippen LogP contribution is 2.20. The van der Waals surface area contributed by atoms with Crippen molar-refractivity contribution in [1.82, 2.24) is 4.98 Å². The third kappa shape index (κ3) is 3.08. The van der Waals surface area contributed by atoms with E-state index in [1.165, 1.54) is 24.4 Å². The molecule has 1 heterocycles. The summed E-state index contributed by atoms with van der Waals surface area (Å²) >= 11 is 3.15. The first-order valence-corrected chi connectivity index (χ1v) is 6.25. The van der Waals surface area contributed by atoms with E-state index in [1.54, 1.807) is 6.07 Å². The van der Waals surface area contributed by atoms with Gasteiger partial charge in [-0.2, -0.15) is 0 Å². The number of hydrogen-bond donors (Lipinski definition) is 2. The van der Waals surface area contributed by atoms with Crippen LogP contribution in [0.15, 0.2) is 34.9 Å². The molecule has 4 nitrogen and oxygen atoms in total. The first-order valence-electron chi connectivity index (χ1n) is 5.46. The van der Waals surface area contributed by atoms with Crippen LogP contribution in [0.4, 0.5) is 15.9 Å². The van der Waals surface area contributed by atoms with Gasteiger partial charge in [-0.15, -0.1) is 0 Å². The Bertz CT molecular complexity index is 646. The van der Waals surface area contributed by atoms with Gasteiger partial charge in [0.05, 0.1) is 17.4 Å². The van der Waals surface area contributed by atoms with Crippen LogP contribution in [0.1, 0.15) is 15.9 Å². The van der Waals surface area contributed by atoms with Crippen LogP contribution >= 0.6 is 15.9 Å². The maximum atomic E-state index is 12.9. The Morgan fingerprint density at radius 3 is 2.79 bits per heavy atom. The number of aryl methyl sites for hydroxylation is 1. The summed E-state index contributed by atoms with van der Waals surface area (Å²) in [5, 5.41) is 2.63. The molecule has 1 amide bonds. The highest BCUT2D eigenvalue weighted by Gasteiger charge is 2.11. The van der Waals surface area contributed by atoms with Crippen molar-refractivity contribution in [3.63, 3.8) is 0 Å². The molecule has 3 N–H and O–H groups in total. The first-order chi connectivity index (χ1) is 8.97.